The van der Waals surface area contributed by atoms with Gasteiger partial charge in [-0.1, -0.05) is 28.9 Å². The molecule has 18 heavy (non-hydrogen) atoms. The van der Waals surface area contributed by atoms with Gasteiger partial charge in [0.15, 0.2) is 9.84 Å². The lowest BCUT2D eigenvalue weighted by molar-refractivity contribution is 0.315. The normalized spacial score (nSPS) is 11.4. The lowest BCUT2D eigenvalue weighted by atomic mass is 10.3. The van der Waals surface area contributed by atoms with Crippen molar-refractivity contribution in [2.45, 2.75) is 6.92 Å². The average Bonchev–Trinajstić information content (AvgIpc) is 2.34. The second-order valence-electron chi connectivity index (χ2n) is 3.79. The quantitative estimate of drug-likeness (QED) is 0.736. The topological polar surface area (TPSA) is 55.4 Å². The number of hydrogen-bond acceptors (Lipinski definition) is 4. The molecule has 0 fully saturated rings. The third-order valence-electron chi connectivity index (χ3n) is 2.37. The van der Waals surface area contributed by atoms with Gasteiger partial charge in [-0.05, 0) is 18.2 Å². The fraction of sp³-hybridized carbons (Fsp3) is 0.500. The Bertz CT molecular complexity index is 462. The lowest BCUT2D eigenvalue weighted by Gasteiger charge is -2.07. The summed E-state index contributed by atoms with van der Waals surface area (Å²) in [6.45, 7) is 3.28. The van der Waals surface area contributed by atoms with Gasteiger partial charge in [0, 0.05) is 23.3 Å². The minimum atomic E-state index is -2.87. The highest BCUT2D eigenvalue weighted by atomic mass is 79.9. The number of nitrogens with one attached hydrogen (secondary N) is 1. The zero-order valence-electron chi connectivity index (χ0n) is 10.4. The van der Waals surface area contributed by atoms with E-state index in [4.69, 9.17) is 4.74 Å². The van der Waals surface area contributed by atoms with E-state index in [-0.39, 0.29) is 11.5 Å². The Morgan fingerprint density at radius 1 is 1.33 bits per heavy atom. The van der Waals surface area contributed by atoms with Gasteiger partial charge in [0.05, 0.1) is 5.75 Å². The molecule has 0 radical (unpaired) electrons. The van der Waals surface area contributed by atoms with E-state index in [0.717, 1.165) is 10.2 Å². The Morgan fingerprint density at radius 2 is 2.11 bits per heavy atom. The maximum Gasteiger partial charge on any atom is 0.151 e. The maximum absolute atomic E-state index is 11.2. The molecular weight excluding hydrogens is 318 g/mol. The summed E-state index contributed by atoms with van der Waals surface area (Å²) in [6.07, 6.45) is 0. The second kappa shape index (κ2) is 7.76. The smallest absolute Gasteiger partial charge is 0.151 e. The fourth-order valence-electron chi connectivity index (χ4n) is 1.29. The summed E-state index contributed by atoms with van der Waals surface area (Å²) in [5, 5.41) is 3.04. The third kappa shape index (κ3) is 6.37. The van der Waals surface area contributed by atoms with Crippen LogP contribution in [0.2, 0.25) is 0 Å². The molecule has 0 unspecified atom stereocenters. The van der Waals surface area contributed by atoms with Gasteiger partial charge in [-0.2, -0.15) is 0 Å². The van der Waals surface area contributed by atoms with Crippen molar-refractivity contribution in [1.82, 2.24) is 5.32 Å². The number of halogens is 1. The highest BCUT2D eigenvalue weighted by molar-refractivity contribution is 9.10. The van der Waals surface area contributed by atoms with Gasteiger partial charge in [0.1, 0.15) is 12.4 Å². The molecule has 0 heterocycles. The van der Waals surface area contributed by atoms with Crippen molar-refractivity contribution in [3.63, 3.8) is 0 Å². The Kier molecular flexibility index (Phi) is 6.67. The molecular formula is C12H18BrNO3S. The van der Waals surface area contributed by atoms with Gasteiger partial charge in [-0.15, -0.1) is 0 Å². The van der Waals surface area contributed by atoms with Crippen molar-refractivity contribution in [2.24, 2.45) is 0 Å². The summed E-state index contributed by atoms with van der Waals surface area (Å²) in [5.41, 5.74) is 0. The summed E-state index contributed by atoms with van der Waals surface area (Å²) < 4.78 is 28.9. The fourth-order valence-corrected chi connectivity index (χ4v) is 2.42. The van der Waals surface area contributed by atoms with E-state index in [9.17, 15) is 8.42 Å². The van der Waals surface area contributed by atoms with Crippen LogP contribution >= 0.6 is 15.9 Å². The molecule has 0 saturated carbocycles. The minimum absolute atomic E-state index is 0.181. The van der Waals surface area contributed by atoms with E-state index < -0.39 is 9.84 Å². The molecule has 0 saturated heterocycles. The first-order valence-corrected chi connectivity index (χ1v) is 8.44. The van der Waals surface area contributed by atoms with Crippen LogP contribution in [0.15, 0.2) is 28.7 Å². The molecule has 0 aliphatic rings. The number of sulfone groups is 1. The zero-order valence-corrected chi connectivity index (χ0v) is 12.8. The van der Waals surface area contributed by atoms with Gasteiger partial charge >= 0.3 is 0 Å². The Labute approximate surface area is 117 Å². The first-order valence-electron chi connectivity index (χ1n) is 5.83. The molecule has 1 aromatic rings. The average molecular weight is 336 g/mol. The molecule has 1 N–H and O–H groups in total. The SMILES string of the molecule is CCS(=O)(=O)CCNCCOc1cccc(Br)c1. The van der Waals surface area contributed by atoms with Crippen LogP contribution in [0.1, 0.15) is 6.92 Å². The van der Waals surface area contributed by atoms with E-state index in [1.54, 1.807) is 6.92 Å². The van der Waals surface area contributed by atoms with E-state index in [1.807, 2.05) is 24.3 Å². The van der Waals surface area contributed by atoms with Crippen molar-refractivity contribution in [2.75, 3.05) is 31.2 Å². The number of benzene rings is 1. The van der Waals surface area contributed by atoms with Gasteiger partial charge in [-0.25, -0.2) is 8.42 Å². The molecule has 0 aromatic heterocycles. The first kappa shape index (κ1) is 15.5. The molecule has 4 nitrogen and oxygen atoms in total. The van der Waals surface area contributed by atoms with E-state index in [0.29, 0.717) is 19.7 Å². The molecule has 0 aliphatic carbocycles. The summed E-state index contributed by atoms with van der Waals surface area (Å²) in [7, 11) is -2.87. The van der Waals surface area contributed by atoms with Crippen molar-refractivity contribution < 1.29 is 13.2 Å². The monoisotopic (exact) mass is 335 g/mol. The van der Waals surface area contributed by atoms with Crippen LogP contribution in [-0.4, -0.2) is 39.6 Å². The van der Waals surface area contributed by atoms with Crippen LogP contribution in [0, 0.1) is 0 Å². The van der Waals surface area contributed by atoms with Crippen LogP contribution in [-0.2, 0) is 9.84 Å². The summed E-state index contributed by atoms with van der Waals surface area (Å²) in [6, 6.07) is 7.61. The van der Waals surface area contributed by atoms with Crippen molar-refractivity contribution in [3.8, 4) is 5.75 Å². The van der Waals surface area contributed by atoms with Crippen molar-refractivity contribution in [1.29, 1.82) is 0 Å². The molecule has 102 valence electrons. The molecule has 0 amide bonds. The van der Waals surface area contributed by atoms with Crippen molar-refractivity contribution >= 4 is 25.8 Å². The third-order valence-corrected chi connectivity index (χ3v) is 4.57. The second-order valence-corrected chi connectivity index (χ2v) is 7.18. The molecule has 6 heteroatoms. The van der Waals surface area contributed by atoms with Crippen LogP contribution in [0.4, 0.5) is 0 Å². The largest absolute Gasteiger partial charge is 0.492 e. The minimum Gasteiger partial charge on any atom is -0.492 e. The Balaban J connectivity index is 2.13. The summed E-state index contributed by atoms with van der Waals surface area (Å²) >= 11 is 3.36. The van der Waals surface area contributed by atoms with Gasteiger partial charge in [-0.3, -0.25) is 0 Å². The van der Waals surface area contributed by atoms with Gasteiger partial charge in [0.2, 0.25) is 0 Å². The lowest BCUT2D eigenvalue weighted by Crippen LogP contribution is -2.27. The number of rotatable bonds is 8. The molecule has 0 spiro atoms. The Morgan fingerprint density at radius 3 is 2.78 bits per heavy atom. The molecule has 1 aromatic carbocycles. The highest BCUT2D eigenvalue weighted by Crippen LogP contribution is 2.17. The molecule has 0 bridgehead atoms. The van der Waals surface area contributed by atoms with Gasteiger partial charge in [0.25, 0.3) is 0 Å². The number of hydrogen-bond donors (Lipinski definition) is 1. The molecule has 0 aliphatic heterocycles. The van der Waals surface area contributed by atoms with E-state index in [1.165, 1.54) is 0 Å². The number of ether oxygens (including phenoxy) is 1. The predicted octanol–water partition coefficient (Wildman–Crippen LogP) is 1.85. The maximum atomic E-state index is 11.2. The van der Waals surface area contributed by atoms with Crippen molar-refractivity contribution in [3.05, 3.63) is 28.7 Å². The first-order chi connectivity index (χ1) is 8.53. The highest BCUT2D eigenvalue weighted by Gasteiger charge is 2.05. The van der Waals surface area contributed by atoms with Crippen LogP contribution in [0.25, 0.3) is 0 Å². The van der Waals surface area contributed by atoms with E-state index in [2.05, 4.69) is 21.2 Å². The van der Waals surface area contributed by atoms with Crippen LogP contribution < -0.4 is 10.1 Å². The summed E-state index contributed by atoms with van der Waals surface area (Å²) in [5.74, 6) is 1.18. The van der Waals surface area contributed by atoms with Crippen LogP contribution in [0.3, 0.4) is 0 Å². The Hall–Kier alpha value is -0.590. The molecule has 0 atom stereocenters. The summed E-state index contributed by atoms with van der Waals surface area (Å²) in [4.78, 5) is 0. The molecule has 1 rings (SSSR count). The van der Waals surface area contributed by atoms with E-state index >= 15 is 0 Å². The standard InChI is InChI=1S/C12H18BrNO3S/c1-2-18(15,16)9-7-14-6-8-17-12-5-3-4-11(13)10-12/h3-5,10,14H,2,6-9H2,1H3. The predicted molar refractivity (Wildman–Crippen MR) is 76.8 cm³/mol. The van der Waals surface area contributed by atoms with Crippen LogP contribution in [0.5, 0.6) is 5.75 Å². The zero-order chi connectivity index (χ0) is 13.4. The van der Waals surface area contributed by atoms with Gasteiger partial charge < -0.3 is 10.1 Å².